The molecular formula is C25H31F3N4O3. The number of imidazole rings is 1. The fraction of sp³-hybridized carbons (Fsp3) is 0.480. The van der Waals surface area contributed by atoms with E-state index in [9.17, 15) is 27.9 Å². The number of aliphatic hydroxyl groups excluding tert-OH is 1. The minimum atomic E-state index is -4.48. The summed E-state index contributed by atoms with van der Waals surface area (Å²) in [6.07, 6.45) is -0.498. The van der Waals surface area contributed by atoms with Crippen LogP contribution in [0.3, 0.4) is 0 Å². The number of aromatic nitrogens is 2. The van der Waals surface area contributed by atoms with Crippen LogP contribution in [0.15, 0.2) is 47.5 Å². The van der Waals surface area contributed by atoms with Gasteiger partial charge in [0.15, 0.2) is 0 Å². The summed E-state index contributed by atoms with van der Waals surface area (Å²) in [5.41, 5.74) is 2.55. The molecule has 35 heavy (non-hydrogen) atoms. The van der Waals surface area contributed by atoms with Crippen LogP contribution >= 0.6 is 0 Å². The number of halogens is 3. The molecule has 0 aliphatic carbocycles. The molecule has 1 atom stereocenters. The summed E-state index contributed by atoms with van der Waals surface area (Å²) in [6.45, 7) is 7.68. The van der Waals surface area contributed by atoms with Crippen molar-refractivity contribution < 1.29 is 27.9 Å². The maximum atomic E-state index is 13.0. The topological polar surface area (TPSA) is 90.7 Å². The SMILES string of the molecule is C=C/C(=C\C(C)C(F)(F)F)C(=O)/N=c1\[nH]c2cc(C3CCN(C(C)=O)CC3)ccc2n1CCCO. The number of nitrogens with one attached hydrogen (secondary N) is 1. The number of nitrogens with zero attached hydrogens (tertiary/aromatic N) is 3. The van der Waals surface area contributed by atoms with Crippen molar-refractivity contribution in [1.82, 2.24) is 14.5 Å². The van der Waals surface area contributed by atoms with Gasteiger partial charge >= 0.3 is 6.18 Å². The van der Waals surface area contributed by atoms with Gasteiger partial charge in [-0.05, 0) is 42.9 Å². The Bertz CT molecular complexity index is 1180. The van der Waals surface area contributed by atoms with E-state index in [-0.39, 0.29) is 29.6 Å². The molecule has 2 N–H and O–H groups in total. The molecule has 10 heteroatoms. The lowest BCUT2D eigenvalue weighted by Gasteiger charge is -2.31. The minimum absolute atomic E-state index is 0.0687. The Hall–Kier alpha value is -3.14. The van der Waals surface area contributed by atoms with Crippen LogP contribution in [0.4, 0.5) is 13.2 Å². The fourth-order valence-electron chi connectivity index (χ4n) is 4.27. The lowest BCUT2D eigenvalue weighted by molar-refractivity contribution is -0.156. The number of H-pyrrole nitrogens is 1. The van der Waals surface area contributed by atoms with Gasteiger partial charge in [0.05, 0.1) is 17.0 Å². The van der Waals surface area contributed by atoms with Gasteiger partial charge in [-0.15, -0.1) is 0 Å². The Morgan fingerprint density at radius 3 is 2.57 bits per heavy atom. The van der Waals surface area contributed by atoms with E-state index in [0.29, 0.717) is 26.1 Å². The van der Waals surface area contributed by atoms with Gasteiger partial charge in [0.1, 0.15) is 0 Å². The standard InChI is InChI=1S/C25H31F3N4O3/c1-4-18(14-16(2)25(26,27)28)23(35)30-24-29-21-15-20(6-7-22(21)32(24)10-5-13-33)19-8-11-31(12-9-19)17(3)34/h4,6-7,14-16,19,33H,1,5,8-13H2,2-3H3,(H,29,30,35)/b18-14+. The summed E-state index contributed by atoms with van der Waals surface area (Å²) in [5, 5.41) is 9.31. The first kappa shape index (κ1) is 26.5. The largest absolute Gasteiger partial charge is 0.396 e. The molecule has 1 unspecified atom stereocenters. The summed E-state index contributed by atoms with van der Waals surface area (Å²) >= 11 is 0. The number of amides is 2. The van der Waals surface area contributed by atoms with Crippen LogP contribution in [0, 0.1) is 5.92 Å². The van der Waals surface area contributed by atoms with E-state index in [1.54, 1.807) is 11.5 Å². The molecule has 0 radical (unpaired) electrons. The highest BCUT2D eigenvalue weighted by Crippen LogP contribution is 2.30. The monoisotopic (exact) mass is 492 g/mol. The third kappa shape index (κ3) is 6.30. The van der Waals surface area contributed by atoms with Crippen molar-refractivity contribution in [2.24, 2.45) is 10.9 Å². The van der Waals surface area contributed by atoms with E-state index in [1.807, 2.05) is 23.1 Å². The number of piperidine rings is 1. The van der Waals surface area contributed by atoms with E-state index >= 15 is 0 Å². The van der Waals surface area contributed by atoms with Crippen LogP contribution in [0.2, 0.25) is 0 Å². The van der Waals surface area contributed by atoms with Crippen LogP contribution in [0.1, 0.15) is 44.6 Å². The molecule has 7 nitrogen and oxygen atoms in total. The van der Waals surface area contributed by atoms with Crippen molar-refractivity contribution in [2.45, 2.75) is 51.7 Å². The zero-order valence-electron chi connectivity index (χ0n) is 19.9. The normalized spacial score (nSPS) is 17.1. The van der Waals surface area contributed by atoms with Gasteiger partial charge in [-0.25, -0.2) is 0 Å². The average molecular weight is 493 g/mol. The Labute approximate surface area is 201 Å². The van der Waals surface area contributed by atoms with Gasteiger partial charge in [0.25, 0.3) is 5.91 Å². The second-order valence-electron chi connectivity index (χ2n) is 8.81. The van der Waals surface area contributed by atoms with Crippen LogP contribution in [0.5, 0.6) is 0 Å². The second-order valence-corrected chi connectivity index (χ2v) is 8.81. The number of allylic oxidation sites excluding steroid dienone is 1. The molecule has 1 aromatic carbocycles. The highest BCUT2D eigenvalue weighted by molar-refractivity contribution is 5.96. The summed E-state index contributed by atoms with van der Waals surface area (Å²) < 4.78 is 40.6. The molecule has 2 aromatic rings. The smallest absolute Gasteiger partial charge is 0.394 e. The first-order valence-corrected chi connectivity index (χ1v) is 11.6. The number of rotatable bonds is 7. The van der Waals surface area contributed by atoms with Gasteiger partial charge in [-0.3, -0.25) is 9.59 Å². The number of fused-ring (bicyclic) bond motifs is 1. The summed E-state index contributed by atoms with van der Waals surface area (Å²) in [5.74, 6) is -2.31. The number of carbonyl (C=O) groups excluding carboxylic acids is 2. The third-order valence-electron chi connectivity index (χ3n) is 6.39. The molecule has 0 spiro atoms. The van der Waals surface area contributed by atoms with E-state index in [1.165, 1.54) is 0 Å². The fourth-order valence-corrected chi connectivity index (χ4v) is 4.27. The maximum absolute atomic E-state index is 13.0. The van der Waals surface area contributed by atoms with Crippen molar-refractivity contribution in [1.29, 1.82) is 0 Å². The number of hydrogen-bond donors (Lipinski definition) is 2. The van der Waals surface area contributed by atoms with Gasteiger partial charge in [-0.2, -0.15) is 18.2 Å². The molecule has 1 aliphatic heterocycles. The highest BCUT2D eigenvalue weighted by atomic mass is 19.4. The molecular weight excluding hydrogens is 461 g/mol. The molecule has 2 amide bonds. The van der Waals surface area contributed by atoms with Crippen LogP contribution < -0.4 is 5.62 Å². The number of carbonyl (C=O) groups is 2. The molecule has 1 aromatic heterocycles. The zero-order valence-corrected chi connectivity index (χ0v) is 19.9. The maximum Gasteiger partial charge on any atom is 0.394 e. The predicted octanol–water partition coefficient (Wildman–Crippen LogP) is 3.82. The molecule has 190 valence electrons. The predicted molar refractivity (Wildman–Crippen MR) is 126 cm³/mol. The first-order valence-electron chi connectivity index (χ1n) is 11.6. The second kappa shape index (κ2) is 11.1. The van der Waals surface area contributed by atoms with Crippen LogP contribution in [0.25, 0.3) is 11.0 Å². The number of benzene rings is 1. The number of hydrogen-bond acceptors (Lipinski definition) is 3. The van der Waals surface area contributed by atoms with Crippen LogP contribution in [-0.4, -0.2) is 57.2 Å². The van der Waals surface area contributed by atoms with Gasteiger partial charge in [0, 0.05) is 38.7 Å². The minimum Gasteiger partial charge on any atom is -0.396 e. The van der Waals surface area contributed by atoms with Gasteiger partial charge in [-0.1, -0.05) is 31.7 Å². The summed E-state index contributed by atoms with van der Waals surface area (Å²) in [7, 11) is 0. The Kier molecular flexibility index (Phi) is 8.37. The number of alkyl halides is 3. The quantitative estimate of drug-likeness (QED) is 0.455. The highest BCUT2D eigenvalue weighted by Gasteiger charge is 2.34. The zero-order chi connectivity index (χ0) is 25.8. The van der Waals surface area contributed by atoms with Crippen molar-refractivity contribution in [2.75, 3.05) is 19.7 Å². The van der Waals surface area contributed by atoms with E-state index in [4.69, 9.17) is 0 Å². The van der Waals surface area contributed by atoms with Crippen molar-refractivity contribution in [3.05, 3.63) is 53.7 Å². The van der Waals surface area contributed by atoms with Crippen molar-refractivity contribution in [3.63, 3.8) is 0 Å². The average Bonchev–Trinajstić information content (AvgIpc) is 3.16. The van der Waals surface area contributed by atoms with Crippen LogP contribution in [-0.2, 0) is 16.1 Å². The first-order chi connectivity index (χ1) is 16.5. The van der Waals surface area contributed by atoms with E-state index in [0.717, 1.165) is 48.5 Å². The summed E-state index contributed by atoms with van der Waals surface area (Å²) in [4.78, 5) is 33.3. The number of aromatic amines is 1. The van der Waals surface area contributed by atoms with Gasteiger partial charge < -0.3 is 19.6 Å². The number of likely N-dealkylation sites (tertiary alicyclic amines) is 1. The molecule has 0 bridgehead atoms. The Morgan fingerprint density at radius 2 is 2.00 bits per heavy atom. The van der Waals surface area contributed by atoms with Crippen molar-refractivity contribution >= 4 is 22.8 Å². The molecule has 1 saturated heterocycles. The molecule has 1 aliphatic rings. The molecule has 1 fully saturated rings. The third-order valence-corrected chi connectivity index (χ3v) is 6.39. The van der Waals surface area contributed by atoms with E-state index < -0.39 is 18.0 Å². The summed E-state index contributed by atoms with van der Waals surface area (Å²) in [6, 6.07) is 5.90. The lowest BCUT2D eigenvalue weighted by atomic mass is 9.89. The Balaban J connectivity index is 1.97. The number of aryl methyl sites for hydroxylation is 1. The van der Waals surface area contributed by atoms with E-state index in [2.05, 4.69) is 16.6 Å². The molecule has 0 saturated carbocycles. The van der Waals surface area contributed by atoms with Crippen molar-refractivity contribution in [3.8, 4) is 0 Å². The molecule has 3 rings (SSSR count). The molecule has 2 heterocycles. The Morgan fingerprint density at radius 1 is 1.31 bits per heavy atom. The number of aliphatic hydroxyl groups is 1. The van der Waals surface area contributed by atoms with Gasteiger partial charge in [0.2, 0.25) is 11.5 Å². The lowest BCUT2D eigenvalue weighted by Crippen LogP contribution is -2.36.